The molecule has 0 aliphatic rings. The van der Waals surface area contributed by atoms with Gasteiger partial charge in [0.2, 0.25) is 0 Å². The Balaban J connectivity index is 2.51. The molecule has 20 heavy (non-hydrogen) atoms. The molecule has 0 saturated heterocycles. The Hall–Kier alpha value is -1.78. The molecular weight excluding hydrogens is 274 g/mol. The molecule has 0 radical (unpaired) electrons. The first-order valence-electron chi connectivity index (χ1n) is 6.43. The number of pyridine rings is 1. The lowest BCUT2D eigenvalue weighted by Crippen LogP contribution is -2.23. The molecule has 5 heteroatoms. The van der Waals surface area contributed by atoms with E-state index in [0.717, 1.165) is 23.4 Å². The number of anilines is 1. The van der Waals surface area contributed by atoms with Crippen LogP contribution in [0.15, 0.2) is 36.7 Å². The van der Waals surface area contributed by atoms with Crippen LogP contribution in [0, 0.1) is 0 Å². The van der Waals surface area contributed by atoms with Gasteiger partial charge in [-0.1, -0.05) is 24.6 Å². The van der Waals surface area contributed by atoms with Crippen molar-refractivity contribution in [2.75, 3.05) is 19.4 Å². The van der Waals surface area contributed by atoms with Crippen molar-refractivity contribution in [3.8, 4) is 5.75 Å². The number of ether oxygens (including phenoxy) is 1. The van der Waals surface area contributed by atoms with Gasteiger partial charge in [-0.25, -0.2) is 0 Å². The zero-order chi connectivity index (χ0) is 14.5. The van der Waals surface area contributed by atoms with Gasteiger partial charge in [0.15, 0.2) is 0 Å². The Kier molecular flexibility index (Phi) is 4.82. The molecule has 1 atom stereocenters. The van der Waals surface area contributed by atoms with Crippen LogP contribution in [0.25, 0.3) is 0 Å². The van der Waals surface area contributed by atoms with E-state index in [9.17, 15) is 0 Å². The number of hydrogen-bond donors (Lipinski definition) is 2. The van der Waals surface area contributed by atoms with Crippen molar-refractivity contribution >= 4 is 17.3 Å². The topological polar surface area (TPSA) is 60.2 Å². The van der Waals surface area contributed by atoms with Crippen LogP contribution in [0.2, 0.25) is 5.02 Å². The van der Waals surface area contributed by atoms with E-state index in [-0.39, 0.29) is 6.04 Å². The van der Waals surface area contributed by atoms with E-state index in [1.807, 2.05) is 19.1 Å². The zero-order valence-corrected chi connectivity index (χ0v) is 12.3. The van der Waals surface area contributed by atoms with Crippen LogP contribution in [-0.2, 0) is 0 Å². The highest BCUT2D eigenvalue weighted by Gasteiger charge is 2.19. The lowest BCUT2D eigenvalue weighted by molar-refractivity contribution is 0.404. The Labute approximate surface area is 123 Å². The minimum atomic E-state index is -0.0825. The molecule has 1 unspecified atom stereocenters. The van der Waals surface area contributed by atoms with E-state index >= 15 is 0 Å². The monoisotopic (exact) mass is 291 g/mol. The highest BCUT2D eigenvalue weighted by atomic mass is 35.5. The van der Waals surface area contributed by atoms with E-state index in [4.69, 9.17) is 22.1 Å². The number of rotatable bonds is 5. The maximum Gasteiger partial charge on any atom is 0.125 e. The maximum absolute atomic E-state index is 6.06. The molecule has 4 nitrogen and oxygen atoms in total. The van der Waals surface area contributed by atoms with Crippen molar-refractivity contribution in [3.05, 3.63) is 52.8 Å². The molecule has 0 aliphatic carbocycles. The molecule has 0 fully saturated rings. The van der Waals surface area contributed by atoms with Gasteiger partial charge in [0.05, 0.1) is 13.2 Å². The van der Waals surface area contributed by atoms with Gasteiger partial charge >= 0.3 is 0 Å². The van der Waals surface area contributed by atoms with E-state index in [1.165, 1.54) is 0 Å². The van der Waals surface area contributed by atoms with Crippen LogP contribution >= 0.6 is 11.6 Å². The summed E-state index contributed by atoms with van der Waals surface area (Å²) in [5.41, 5.74) is 8.67. The average molecular weight is 292 g/mol. The molecule has 0 bridgehead atoms. The van der Waals surface area contributed by atoms with Gasteiger partial charge in [0, 0.05) is 34.2 Å². The minimum absolute atomic E-state index is 0.0825. The number of halogens is 1. The van der Waals surface area contributed by atoms with Gasteiger partial charge in [-0.3, -0.25) is 4.98 Å². The van der Waals surface area contributed by atoms with Crippen LogP contribution in [0.5, 0.6) is 5.75 Å². The predicted octanol–water partition coefficient (Wildman–Crippen LogP) is 3.02. The van der Waals surface area contributed by atoms with E-state index in [1.54, 1.807) is 31.6 Å². The van der Waals surface area contributed by atoms with E-state index in [2.05, 4.69) is 10.3 Å². The number of hydrogen-bond acceptors (Lipinski definition) is 4. The van der Waals surface area contributed by atoms with Crippen LogP contribution in [0.4, 0.5) is 5.69 Å². The molecule has 106 valence electrons. The SMILES string of the molecule is CCNC(c1cnccc1N)c1ccc(Cl)cc1OC. The number of nitrogen functional groups attached to an aromatic ring is 1. The van der Waals surface area contributed by atoms with Crippen LogP contribution < -0.4 is 15.8 Å². The first-order valence-corrected chi connectivity index (χ1v) is 6.81. The fourth-order valence-electron chi connectivity index (χ4n) is 2.17. The highest BCUT2D eigenvalue weighted by molar-refractivity contribution is 6.30. The van der Waals surface area contributed by atoms with Crippen molar-refractivity contribution in [1.82, 2.24) is 10.3 Å². The Morgan fingerprint density at radius 1 is 1.35 bits per heavy atom. The van der Waals surface area contributed by atoms with Crippen LogP contribution in [0.3, 0.4) is 0 Å². The fraction of sp³-hybridized carbons (Fsp3) is 0.267. The lowest BCUT2D eigenvalue weighted by atomic mass is 9.98. The van der Waals surface area contributed by atoms with E-state index in [0.29, 0.717) is 10.7 Å². The first kappa shape index (κ1) is 14.6. The molecule has 0 spiro atoms. The van der Waals surface area contributed by atoms with Crippen molar-refractivity contribution in [3.63, 3.8) is 0 Å². The van der Waals surface area contributed by atoms with Gasteiger partial charge in [0.1, 0.15) is 5.75 Å². The molecule has 0 aliphatic heterocycles. The van der Waals surface area contributed by atoms with Crippen molar-refractivity contribution in [1.29, 1.82) is 0 Å². The summed E-state index contributed by atoms with van der Waals surface area (Å²) in [4.78, 5) is 4.16. The van der Waals surface area contributed by atoms with Crippen molar-refractivity contribution < 1.29 is 4.74 Å². The maximum atomic E-state index is 6.06. The summed E-state index contributed by atoms with van der Waals surface area (Å²) in [5, 5.41) is 4.05. The number of nitrogens with two attached hydrogens (primary N) is 1. The third kappa shape index (κ3) is 3.03. The number of nitrogens with zero attached hydrogens (tertiary/aromatic N) is 1. The second-order valence-corrected chi connectivity index (χ2v) is 4.82. The molecular formula is C15H18ClN3O. The molecule has 1 aromatic carbocycles. The number of nitrogens with one attached hydrogen (secondary N) is 1. The smallest absolute Gasteiger partial charge is 0.125 e. The summed E-state index contributed by atoms with van der Waals surface area (Å²) in [7, 11) is 1.63. The van der Waals surface area contributed by atoms with Crippen molar-refractivity contribution in [2.24, 2.45) is 0 Å². The predicted molar refractivity (Wildman–Crippen MR) is 82.2 cm³/mol. The Morgan fingerprint density at radius 3 is 2.80 bits per heavy atom. The zero-order valence-electron chi connectivity index (χ0n) is 11.6. The van der Waals surface area contributed by atoms with Gasteiger partial charge in [0.25, 0.3) is 0 Å². The summed E-state index contributed by atoms with van der Waals surface area (Å²) in [6.07, 6.45) is 3.46. The van der Waals surface area contributed by atoms with Gasteiger partial charge in [-0.05, 0) is 24.7 Å². The summed E-state index contributed by atoms with van der Waals surface area (Å²) >= 11 is 6.02. The molecule has 1 aromatic heterocycles. The summed E-state index contributed by atoms with van der Waals surface area (Å²) in [6, 6.07) is 7.30. The largest absolute Gasteiger partial charge is 0.496 e. The normalized spacial score (nSPS) is 12.2. The Bertz CT molecular complexity index is 589. The standard InChI is InChI=1S/C15H18ClN3O/c1-3-19-15(12-9-18-7-6-13(12)17)11-5-4-10(16)8-14(11)20-2/h4-9,15,19H,3H2,1-2H3,(H2,17,18). The molecule has 2 rings (SSSR count). The molecule has 3 N–H and O–H groups in total. The van der Waals surface area contributed by atoms with Gasteiger partial charge in [-0.15, -0.1) is 0 Å². The lowest BCUT2D eigenvalue weighted by Gasteiger charge is -2.22. The van der Waals surface area contributed by atoms with Crippen molar-refractivity contribution in [2.45, 2.75) is 13.0 Å². The third-order valence-corrected chi connectivity index (χ3v) is 3.35. The van der Waals surface area contributed by atoms with E-state index < -0.39 is 0 Å². The van der Waals surface area contributed by atoms with Crippen LogP contribution in [0.1, 0.15) is 24.1 Å². The summed E-state index contributed by atoms with van der Waals surface area (Å²) in [5.74, 6) is 0.728. The fourth-order valence-corrected chi connectivity index (χ4v) is 2.34. The van der Waals surface area contributed by atoms with Gasteiger partial charge in [-0.2, -0.15) is 0 Å². The number of methoxy groups -OCH3 is 1. The molecule has 0 saturated carbocycles. The highest BCUT2D eigenvalue weighted by Crippen LogP contribution is 2.33. The second kappa shape index (κ2) is 6.59. The molecule has 0 amide bonds. The average Bonchev–Trinajstić information content (AvgIpc) is 2.46. The Morgan fingerprint density at radius 2 is 2.15 bits per heavy atom. The third-order valence-electron chi connectivity index (χ3n) is 3.11. The summed E-state index contributed by atoms with van der Waals surface area (Å²) in [6.45, 7) is 2.84. The van der Waals surface area contributed by atoms with Crippen LogP contribution in [-0.4, -0.2) is 18.6 Å². The first-order chi connectivity index (χ1) is 9.67. The number of benzene rings is 1. The molecule has 2 aromatic rings. The minimum Gasteiger partial charge on any atom is -0.496 e. The number of aromatic nitrogens is 1. The summed E-state index contributed by atoms with van der Waals surface area (Å²) < 4.78 is 5.43. The second-order valence-electron chi connectivity index (χ2n) is 4.38. The molecule has 1 heterocycles. The quantitative estimate of drug-likeness (QED) is 0.889. The van der Waals surface area contributed by atoms with Gasteiger partial charge < -0.3 is 15.8 Å².